The highest BCUT2D eigenvalue weighted by Crippen LogP contribution is 2.26. The zero-order valence-corrected chi connectivity index (χ0v) is 11.1. The lowest BCUT2D eigenvalue weighted by Gasteiger charge is -2.38. The topological polar surface area (TPSA) is 26.7 Å². The predicted molar refractivity (Wildman–Crippen MR) is 69.9 cm³/mol. The summed E-state index contributed by atoms with van der Waals surface area (Å²) in [7, 11) is 0. The van der Waals surface area contributed by atoms with Gasteiger partial charge in [-0.25, -0.2) is 8.78 Å². The van der Waals surface area contributed by atoms with Gasteiger partial charge in [-0.2, -0.15) is 0 Å². The fourth-order valence-corrected chi connectivity index (χ4v) is 2.61. The van der Waals surface area contributed by atoms with Gasteiger partial charge >= 0.3 is 0 Å². The molecule has 0 bridgehead atoms. The Kier molecular flexibility index (Phi) is 4.85. The highest BCUT2D eigenvalue weighted by molar-refractivity contribution is 5.23. The summed E-state index contributed by atoms with van der Waals surface area (Å²) in [5, 5.41) is 8.89. The highest BCUT2D eigenvalue weighted by atomic mass is 19.1. The maximum absolute atomic E-state index is 13.7. The largest absolute Gasteiger partial charge is 0.395 e. The monoisotopic (exact) mass is 270 g/mol. The molecule has 1 aromatic rings. The molecule has 1 saturated heterocycles. The summed E-state index contributed by atoms with van der Waals surface area (Å²) in [5.41, 5.74) is 0.151. The van der Waals surface area contributed by atoms with Crippen LogP contribution < -0.4 is 0 Å². The molecule has 0 amide bonds. The molecule has 1 aromatic carbocycles. The SMILES string of the molecule is C[C@@H](c1c(F)cccc1F)N1CCN(CCO)CC1. The third-order valence-electron chi connectivity index (χ3n) is 3.79. The number of rotatable bonds is 4. The molecule has 1 N–H and O–H groups in total. The van der Waals surface area contributed by atoms with Gasteiger partial charge in [0.2, 0.25) is 0 Å². The lowest BCUT2D eigenvalue weighted by Crippen LogP contribution is -2.48. The molecule has 1 aliphatic heterocycles. The van der Waals surface area contributed by atoms with Crippen molar-refractivity contribution in [2.75, 3.05) is 39.3 Å². The van der Waals surface area contributed by atoms with Gasteiger partial charge in [0, 0.05) is 44.3 Å². The molecular weight excluding hydrogens is 250 g/mol. The predicted octanol–water partition coefficient (Wildman–Crippen LogP) is 1.64. The summed E-state index contributed by atoms with van der Waals surface area (Å²) in [6.07, 6.45) is 0. The minimum Gasteiger partial charge on any atom is -0.395 e. The zero-order chi connectivity index (χ0) is 13.8. The van der Waals surface area contributed by atoms with Gasteiger partial charge in [0.05, 0.1) is 6.61 Å². The summed E-state index contributed by atoms with van der Waals surface area (Å²) in [6, 6.07) is 3.73. The van der Waals surface area contributed by atoms with E-state index in [1.165, 1.54) is 18.2 Å². The van der Waals surface area contributed by atoms with Crippen molar-refractivity contribution in [3.63, 3.8) is 0 Å². The Balaban J connectivity index is 2.03. The summed E-state index contributed by atoms with van der Waals surface area (Å²) in [5.74, 6) is -0.962. The average Bonchev–Trinajstić information content (AvgIpc) is 2.39. The number of hydrogen-bond donors (Lipinski definition) is 1. The third kappa shape index (κ3) is 3.29. The fourth-order valence-electron chi connectivity index (χ4n) is 2.61. The first kappa shape index (κ1) is 14.4. The lowest BCUT2D eigenvalue weighted by molar-refractivity contribution is 0.0865. The lowest BCUT2D eigenvalue weighted by atomic mass is 10.0. The third-order valence-corrected chi connectivity index (χ3v) is 3.79. The van der Waals surface area contributed by atoms with Crippen molar-refractivity contribution in [3.8, 4) is 0 Å². The molecule has 3 nitrogen and oxygen atoms in total. The Bertz CT molecular complexity index is 400. The van der Waals surface area contributed by atoms with E-state index in [1.807, 2.05) is 6.92 Å². The van der Waals surface area contributed by atoms with Crippen LogP contribution in [0, 0.1) is 11.6 Å². The van der Waals surface area contributed by atoms with Crippen LogP contribution in [0.5, 0.6) is 0 Å². The van der Waals surface area contributed by atoms with Crippen LogP contribution in [-0.2, 0) is 0 Å². The van der Waals surface area contributed by atoms with E-state index in [2.05, 4.69) is 9.80 Å². The molecule has 0 saturated carbocycles. The molecule has 1 aliphatic rings. The van der Waals surface area contributed by atoms with E-state index in [9.17, 15) is 8.78 Å². The number of halogens is 2. The van der Waals surface area contributed by atoms with Gasteiger partial charge in [0.1, 0.15) is 11.6 Å². The highest BCUT2D eigenvalue weighted by Gasteiger charge is 2.25. The number of piperazine rings is 1. The molecule has 0 aromatic heterocycles. The molecule has 2 rings (SSSR count). The van der Waals surface area contributed by atoms with Gasteiger partial charge < -0.3 is 5.11 Å². The van der Waals surface area contributed by atoms with Crippen molar-refractivity contribution in [2.45, 2.75) is 13.0 Å². The number of aliphatic hydroxyl groups is 1. The van der Waals surface area contributed by atoms with E-state index in [1.54, 1.807) is 0 Å². The first-order chi connectivity index (χ1) is 9.13. The fraction of sp³-hybridized carbons (Fsp3) is 0.571. The van der Waals surface area contributed by atoms with E-state index in [0.717, 1.165) is 26.2 Å². The minimum absolute atomic E-state index is 0.150. The molecule has 1 fully saturated rings. The number of nitrogens with zero attached hydrogens (tertiary/aromatic N) is 2. The Morgan fingerprint density at radius 3 is 2.26 bits per heavy atom. The first-order valence-electron chi connectivity index (χ1n) is 6.64. The van der Waals surface area contributed by atoms with Crippen molar-refractivity contribution < 1.29 is 13.9 Å². The number of β-amino-alcohol motifs (C(OH)–C–C–N with tert-alkyl or cyclic N) is 1. The molecule has 0 radical (unpaired) electrons. The summed E-state index contributed by atoms with van der Waals surface area (Å²) in [4.78, 5) is 4.23. The average molecular weight is 270 g/mol. The van der Waals surface area contributed by atoms with E-state index < -0.39 is 11.6 Å². The molecule has 5 heteroatoms. The Labute approximate surface area is 112 Å². The van der Waals surface area contributed by atoms with E-state index in [0.29, 0.717) is 6.54 Å². The first-order valence-corrected chi connectivity index (χ1v) is 6.64. The summed E-state index contributed by atoms with van der Waals surface area (Å²) >= 11 is 0. The minimum atomic E-state index is -0.481. The molecule has 0 spiro atoms. The molecule has 0 aliphatic carbocycles. The zero-order valence-electron chi connectivity index (χ0n) is 11.1. The van der Waals surface area contributed by atoms with Gasteiger partial charge in [0.25, 0.3) is 0 Å². The maximum atomic E-state index is 13.7. The van der Waals surface area contributed by atoms with Crippen LogP contribution in [0.1, 0.15) is 18.5 Å². The van der Waals surface area contributed by atoms with Crippen LogP contribution in [0.15, 0.2) is 18.2 Å². The van der Waals surface area contributed by atoms with E-state index in [4.69, 9.17) is 5.11 Å². The Morgan fingerprint density at radius 1 is 1.16 bits per heavy atom. The van der Waals surface area contributed by atoms with Crippen LogP contribution in [-0.4, -0.2) is 54.2 Å². The second-order valence-electron chi connectivity index (χ2n) is 4.91. The standard InChI is InChI=1S/C14H20F2N2O/c1-11(14-12(15)3-2-4-13(14)16)18-7-5-17(6-8-18)9-10-19/h2-4,11,19H,5-10H2,1H3/t11-/m0/s1. The van der Waals surface area contributed by atoms with Crippen molar-refractivity contribution in [1.82, 2.24) is 9.80 Å². The van der Waals surface area contributed by atoms with Crippen LogP contribution in [0.25, 0.3) is 0 Å². The molecule has 19 heavy (non-hydrogen) atoms. The summed E-state index contributed by atoms with van der Waals surface area (Å²) in [6.45, 7) is 5.81. The van der Waals surface area contributed by atoms with Gasteiger partial charge in [-0.3, -0.25) is 9.80 Å². The van der Waals surface area contributed by atoms with E-state index in [-0.39, 0.29) is 18.2 Å². The maximum Gasteiger partial charge on any atom is 0.130 e. The Hall–Kier alpha value is -1.04. The van der Waals surface area contributed by atoms with Crippen LogP contribution >= 0.6 is 0 Å². The van der Waals surface area contributed by atoms with Gasteiger partial charge in [0.15, 0.2) is 0 Å². The Morgan fingerprint density at radius 2 is 1.74 bits per heavy atom. The quantitative estimate of drug-likeness (QED) is 0.901. The summed E-state index contributed by atoms with van der Waals surface area (Å²) < 4.78 is 27.5. The normalized spacial score (nSPS) is 19.6. The molecule has 1 heterocycles. The van der Waals surface area contributed by atoms with Gasteiger partial charge in [-0.05, 0) is 19.1 Å². The van der Waals surface area contributed by atoms with Crippen molar-refractivity contribution in [1.29, 1.82) is 0 Å². The van der Waals surface area contributed by atoms with Crippen molar-refractivity contribution in [2.24, 2.45) is 0 Å². The second-order valence-corrected chi connectivity index (χ2v) is 4.91. The molecular formula is C14H20F2N2O. The smallest absolute Gasteiger partial charge is 0.130 e. The molecule has 106 valence electrons. The van der Waals surface area contributed by atoms with Crippen LogP contribution in [0.2, 0.25) is 0 Å². The van der Waals surface area contributed by atoms with Crippen LogP contribution in [0.3, 0.4) is 0 Å². The number of aliphatic hydroxyl groups excluding tert-OH is 1. The van der Waals surface area contributed by atoms with E-state index >= 15 is 0 Å². The van der Waals surface area contributed by atoms with Crippen LogP contribution in [0.4, 0.5) is 8.78 Å². The van der Waals surface area contributed by atoms with Gasteiger partial charge in [-0.1, -0.05) is 6.07 Å². The number of benzene rings is 1. The second kappa shape index (κ2) is 6.41. The number of hydrogen-bond acceptors (Lipinski definition) is 3. The molecule has 1 atom stereocenters. The van der Waals surface area contributed by atoms with Gasteiger partial charge in [-0.15, -0.1) is 0 Å². The van der Waals surface area contributed by atoms with Crippen molar-refractivity contribution >= 4 is 0 Å². The molecule has 0 unspecified atom stereocenters. The van der Waals surface area contributed by atoms with Crippen molar-refractivity contribution in [3.05, 3.63) is 35.4 Å².